The molecule has 0 aromatic carbocycles. The van der Waals surface area contributed by atoms with Gasteiger partial charge in [-0.2, -0.15) is 0 Å². The van der Waals surface area contributed by atoms with E-state index in [1.165, 1.54) is 30.7 Å². The van der Waals surface area contributed by atoms with Gasteiger partial charge in [-0.25, -0.2) is 9.97 Å². The molecule has 0 amide bonds. The Kier molecular flexibility index (Phi) is 3.52. The predicted molar refractivity (Wildman–Crippen MR) is 80.8 cm³/mol. The van der Waals surface area contributed by atoms with Gasteiger partial charge in [-0.1, -0.05) is 0 Å². The maximum absolute atomic E-state index is 5.13. The van der Waals surface area contributed by atoms with E-state index < -0.39 is 0 Å². The number of piperidine rings is 1. The van der Waals surface area contributed by atoms with E-state index in [0.717, 1.165) is 31.9 Å². The lowest BCUT2D eigenvalue weighted by atomic mass is 9.93. The van der Waals surface area contributed by atoms with Crippen LogP contribution in [0.25, 0.3) is 0 Å². The summed E-state index contributed by atoms with van der Waals surface area (Å²) in [6.45, 7) is 4.09. The lowest BCUT2D eigenvalue weighted by Crippen LogP contribution is -2.35. The van der Waals surface area contributed by atoms with Crippen molar-refractivity contribution in [2.24, 2.45) is 5.41 Å². The van der Waals surface area contributed by atoms with E-state index in [4.69, 9.17) is 4.42 Å². The third kappa shape index (κ3) is 2.75. The molecule has 5 nitrogen and oxygen atoms in total. The second-order valence-electron chi connectivity index (χ2n) is 6.14. The van der Waals surface area contributed by atoms with Crippen LogP contribution in [0, 0.1) is 5.41 Å². The van der Waals surface area contributed by atoms with Gasteiger partial charge in [-0.3, -0.25) is 4.90 Å². The Bertz CT molecular complexity index is 526. The van der Waals surface area contributed by atoms with Crippen molar-refractivity contribution in [3.05, 3.63) is 34.9 Å². The fourth-order valence-corrected chi connectivity index (χ4v) is 4.25. The fraction of sp³-hybridized carbons (Fsp3) is 0.600. The molecule has 3 heterocycles. The number of hydrogen-bond donors (Lipinski definition) is 1. The van der Waals surface area contributed by atoms with Gasteiger partial charge >= 0.3 is 0 Å². The Morgan fingerprint density at radius 1 is 1.33 bits per heavy atom. The summed E-state index contributed by atoms with van der Waals surface area (Å²) in [5.74, 6) is 0. The van der Waals surface area contributed by atoms with E-state index >= 15 is 0 Å². The third-order valence-electron chi connectivity index (χ3n) is 4.86. The van der Waals surface area contributed by atoms with Crippen LogP contribution in [0.15, 0.2) is 28.7 Å². The van der Waals surface area contributed by atoms with Crippen LogP contribution in [-0.4, -0.2) is 34.0 Å². The molecule has 1 unspecified atom stereocenters. The number of thiazole rings is 1. The number of rotatable bonds is 5. The molecule has 2 fully saturated rings. The Balaban J connectivity index is 1.50. The number of nitrogens with zero attached hydrogens (tertiary/aromatic N) is 3. The average Bonchev–Trinajstić information content (AvgIpc) is 2.96. The zero-order valence-electron chi connectivity index (χ0n) is 12.0. The molecule has 1 spiro atoms. The van der Waals surface area contributed by atoms with Crippen molar-refractivity contribution >= 4 is 11.3 Å². The van der Waals surface area contributed by atoms with Crippen LogP contribution in [-0.2, 0) is 13.1 Å². The summed E-state index contributed by atoms with van der Waals surface area (Å²) in [7, 11) is 0. The first-order valence-corrected chi connectivity index (χ1v) is 8.44. The number of nitrogens with one attached hydrogen (secondary N) is 1. The molecule has 112 valence electrons. The van der Waals surface area contributed by atoms with Crippen LogP contribution in [0.5, 0.6) is 0 Å². The molecule has 1 N–H and O–H groups in total. The van der Waals surface area contributed by atoms with Crippen molar-refractivity contribution in [2.45, 2.75) is 38.4 Å². The molecule has 2 aliphatic rings. The second kappa shape index (κ2) is 5.51. The SMILES string of the molecule is c1csc(CN(Cc2cocn2)C2CC23CCNCC3)n1. The number of oxazole rings is 1. The quantitative estimate of drug-likeness (QED) is 0.918. The second-order valence-corrected chi connectivity index (χ2v) is 7.12. The fourth-order valence-electron chi connectivity index (χ4n) is 3.61. The predicted octanol–water partition coefficient (Wildman–Crippen LogP) is 2.28. The van der Waals surface area contributed by atoms with E-state index in [9.17, 15) is 0 Å². The van der Waals surface area contributed by atoms with Crippen molar-refractivity contribution in [1.29, 1.82) is 0 Å². The Labute approximate surface area is 128 Å². The van der Waals surface area contributed by atoms with Gasteiger partial charge in [0.25, 0.3) is 0 Å². The van der Waals surface area contributed by atoms with Gasteiger partial charge in [0.05, 0.1) is 12.2 Å². The first kappa shape index (κ1) is 13.4. The number of aromatic nitrogens is 2. The summed E-state index contributed by atoms with van der Waals surface area (Å²) in [4.78, 5) is 11.3. The Morgan fingerprint density at radius 2 is 2.24 bits per heavy atom. The van der Waals surface area contributed by atoms with Gasteiger partial charge in [0.1, 0.15) is 11.3 Å². The molecular formula is C15H20N4OS. The monoisotopic (exact) mass is 304 g/mol. The standard InChI is InChI=1S/C15H20N4OS/c1-3-16-4-2-15(1)7-13(15)19(8-12-10-20-11-18-12)9-14-17-5-6-21-14/h5-6,10-11,13,16H,1-4,7-9H2. The maximum atomic E-state index is 5.13. The van der Waals surface area contributed by atoms with Crippen molar-refractivity contribution < 1.29 is 4.42 Å². The molecule has 1 atom stereocenters. The number of hydrogen-bond acceptors (Lipinski definition) is 6. The average molecular weight is 304 g/mol. The van der Waals surface area contributed by atoms with Crippen LogP contribution < -0.4 is 5.32 Å². The molecule has 21 heavy (non-hydrogen) atoms. The highest BCUT2D eigenvalue weighted by Crippen LogP contribution is 2.56. The van der Waals surface area contributed by atoms with Crippen molar-refractivity contribution in [1.82, 2.24) is 20.2 Å². The third-order valence-corrected chi connectivity index (χ3v) is 5.62. The zero-order chi connectivity index (χ0) is 14.1. The zero-order valence-corrected chi connectivity index (χ0v) is 12.8. The smallest absolute Gasteiger partial charge is 0.180 e. The Hall–Kier alpha value is -1.24. The summed E-state index contributed by atoms with van der Waals surface area (Å²) in [6.07, 6.45) is 9.07. The first-order chi connectivity index (χ1) is 10.4. The molecule has 1 saturated carbocycles. The summed E-state index contributed by atoms with van der Waals surface area (Å²) in [5.41, 5.74) is 1.55. The highest BCUT2D eigenvalue weighted by atomic mass is 32.1. The largest absolute Gasteiger partial charge is 0.451 e. The van der Waals surface area contributed by atoms with E-state index in [1.54, 1.807) is 17.6 Å². The molecule has 2 aromatic heterocycles. The van der Waals surface area contributed by atoms with Crippen molar-refractivity contribution in [2.75, 3.05) is 13.1 Å². The summed E-state index contributed by atoms with van der Waals surface area (Å²) in [5, 5.41) is 6.72. The van der Waals surface area contributed by atoms with Crippen molar-refractivity contribution in [3.8, 4) is 0 Å². The molecular weight excluding hydrogens is 284 g/mol. The molecule has 1 aliphatic carbocycles. The molecule has 1 saturated heterocycles. The highest BCUT2D eigenvalue weighted by molar-refractivity contribution is 7.09. The summed E-state index contributed by atoms with van der Waals surface area (Å²) in [6, 6.07) is 0.667. The lowest BCUT2D eigenvalue weighted by Gasteiger charge is -2.28. The molecule has 1 aliphatic heterocycles. The van der Waals surface area contributed by atoms with Gasteiger partial charge in [0.2, 0.25) is 0 Å². The molecule has 0 bridgehead atoms. The minimum atomic E-state index is 0.534. The summed E-state index contributed by atoms with van der Waals surface area (Å²) < 4.78 is 5.13. The van der Waals surface area contributed by atoms with Crippen LogP contribution in [0.2, 0.25) is 0 Å². The van der Waals surface area contributed by atoms with Crippen LogP contribution >= 0.6 is 11.3 Å². The van der Waals surface area contributed by atoms with Gasteiger partial charge in [0.15, 0.2) is 6.39 Å². The first-order valence-electron chi connectivity index (χ1n) is 7.56. The maximum Gasteiger partial charge on any atom is 0.180 e. The van der Waals surface area contributed by atoms with Crippen LogP contribution in [0.4, 0.5) is 0 Å². The van der Waals surface area contributed by atoms with E-state index in [2.05, 4.69) is 25.6 Å². The minimum Gasteiger partial charge on any atom is -0.451 e. The topological polar surface area (TPSA) is 54.2 Å². The molecule has 4 rings (SSSR count). The normalized spacial score (nSPS) is 23.8. The van der Waals surface area contributed by atoms with E-state index in [1.807, 2.05) is 6.20 Å². The lowest BCUT2D eigenvalue weighted by molar-refractivity contribution is 0.186. The van der Waals surface area contributed by atoms with Gasteiger partial charge in [-0.05, 0) is 37.8 Å². The summed E-state index contributed by atoms with van der Waals surface area (Å²) >= 11 is 1.74. The molecule has 0 radical (unpaired) electrons. The van der Waals surface area contributed by atoms with Crippen LogP contribution in [0.3, 0.4) is 0 Å². The van der Waals surface area contributed by atoms with Gasteiger partial charge < -0.3 is 9.73 Å². The molecule has 2 aromatic rings. The van der Waals surface area contributed by atoms with Crippen LogP contribution in [0.1, 0.15) is 30.0 Å². The van der Waals surface area contributed by atoms with E-state index in [0.29, 0.717) is 11.5 Å². The minimum absolute atomic E-state index is 0.534. The van der Waals surface area contributed by atoms with Gasteiger partial charge in [-0.15, -0.1) is 11.3 Å². The van der Waals surface area contributed by atoms with E-state index in [-0.39, 0.29) is 0 Å². The van der Waals surface area contributed by atoms with Gasteiger partial charge in [0, 0.05) is 24.2 Å². The molecule has 6 heteroatoms. The Morgan fingerprint density at radius 3 is 2.95 bits per heavy atom. The highest BCUT2D eigenvalue weighted by Gasteiger charge is 2.56. The van der Waals surface area contributed by atoms with Crippen molar-refractivity contribution in [3.63, 3.8) is 0 Å².